The monoisotopic (exact) mass is 486 g/mol. The summed E-state index contributed by atoms with van der Waals surface area (Å²) in [7, 11) is 0. The number of hydrogen-bond donors (Lipinski definition) is 3. The van der Waals surface area contributed by atoms with Crippen LogP contribution in [0.15, 0.2) is 46.4 Å². The molecule has 1 aliphatic rings. The fourth-order valence-corrected chi connectivity index (χ4v) is 4.35. The summed E-state index contributed by atoms with van der Waals surface area (Å²) in [5, 5.41) is 21.1. The Kier molecular flexibility index (Phi) is 5.03. The predicted molar refractivity (Wildman–Crippen MR) is 106 cm³/mol. The number of carbonyl (C=O) groups is 1. The van der Waals surface area contributed by atoms with Gasteiger partial charge in [0.25, 0.3) is 5.91 Å². The summed E-state index contributed by atoms with van der Waals surface area (Å²) in [4.78, 5) is 13.5. The summed E-state index contributed by atoms with van der Waals surface area (Å²) >= 11 is 4.58. The van der Waals surface area contributed by atoms with Crippen LogP contribution in [0.1, 0.15) is 33.7 Å². The van der Waals surface area contributed by atoms with Gasteiger partial charge in [-0.3, -0.25) is 4.79 Å². The van der Waals surface area contributed by atoms with E-state index in [1.807, 2.05) is 0 Å². The Morgan fingerprint density at radius 2 is 2.17 bits per heavy atom. The molecule has 0 saturated heterocycles. The second kappa shape index (κ2) is 7.38. The molecule has 0 fully saturated rings. The van der Waals surface area contributed by atoms with Crippen LogP contribution in [0.3, 0.4) is 0 Å². The van der Waals surface area contributed by atoms with E-state index in [4.69, 9.17) is 0 Å². The summed E-state index contributed by atoms with van der Waals surface area (Å²) in [6.07, 6.45) is -3.65. The number of nitrogens with one attached hydrogen (secondary N) is 2. The van der Waals surface area contributed by atoms with Crippen LogP contribution < -0.4 is 10.6 Å². The number of alkyl halides is 3. The SMILES string of the molecule is O=C(Nc1cc(Br)ccc1O)c1cnn2c1N[C@H](c1cccs1)C[C@H]2C(F)(F)F. The Labute approximate surface area is 175 Å². The average Bonchev–Trinajstić information content (AvgIpc) is 3.32. The normalized spacial score (nSPS) is 18.8. The molecule has 0 saturated carbocycles. The van der Waals surface area contributed by atoms with Crippen molar-refractivity contribution in [2.75, 3.05) is 10.6 Å². The number of aromatic nitrogens is 2. The van der Waals surface area contributed by atoms with E-state index < -0.39 is 24.2 Å². The first-order valence-electron chi connectivity index (χ1n) is 8.48. The Balaban J connectivity index is 1.70. The molecule has 11 heteroatoms. The first kappa shape index (κ1) is 19.8. The molecule has 29 heavy (non-hydrogen) atoms. The largest absolute Gasteiger partial charge is 0.506 e. The second-order valence-corrected chi connectivity index (χ2v) is 8.37. The van der Waals surface area contributed by atoms with Crippen molar-refractivity contribution in [3.05, 3.63) is 56.8 Å². The van der Waals surface area contributed by atoms with E-state index in [1.54, 1.807) is 23.6 Å². The van der Waals surface area contributed by atoms with Crippen molar-refractivity contribution in [3.63, 3.8) is 0 Å². The third-order valence-electron chi connectivity index (χ3n) is 4.58. The van der Waals surface area contributed by atoms with Gasteiger partial charge < -0.3 is 15.7 Å². The van der Waals surface area contributed by atoms with Crippen molar-refractivity contribution in [2.24, 2.45) is 0 Å². The van der Waals surface area contributed by atoms with E-state index in [1.165, 1.54) is 23.5 Å². The molecule has 0 aliphatic carbocycles. The molecule has 0 radical (unpaired) electrons. The maximum absolute atomic E-state index is 13.7. The number of thiophene rings is 1. The zero-order valence-corrected chi connectivity index (χ0v) is 17.0. The minimum Gasteiger partial charge on any atom is -0.506 e. The molecule has 3 N–H and O–H groups in total. The van der Waals surface area contributed by atoms with Crippen LogP contribution in [0, 0.1) is 0 Å². The first-order chi connectivity index (χ1) is 13.7. The number of halogens is 4. The summed E-state index contributed by atoms with van der Waals surface area (Å²) in [5.74, 6) is -0.857. The molecule has 152 valence electrons. The Hall–Kier alpha value is -2.53. The van der Waals surface area contributed by atoms with E-state index in [2.05, 4.69) is 31.7 Å². The molecule has 2 aromatic heterocycles. The fraction of sp³-hybridized carbons (Fsp3) is 0.222. The van der Waals surface area contributed by atoms with Crippen molar-refractivity contribution in [3.8, 4) is 5.75 Å². The van der Waals surface area contributed by atoms with E-state index in [0.717, 1.165) is 15.8 Å². The van der Waals surface area contributed by atoms with Gasteiger partial charge in [0, 0.05) is 15.8 Å². The average molecular weight is 487 g/mol. The molecular weight excluding hydrogens is 473 g/mol. The van der Waals surface area contributed by atoms with Crippen molar-refractivity contribution in [2.45, 2.75) is 24.7 Å². The van der Waals surface area contributed by atoms with Crippen LogP contribution in [0.25, 0.3) is 0 Å². The number of amides is 1. The first-order valence-corrected chi connectivity index (χ1v) is 10.2. The lowest BCUT2D eigenvalue weighted by molar-refractivity contribution is -0.173. The standard InChI is InChI=1S/C18H14BrF3N4O2S/c19-9-3-4-13(27)11(6-9)25-17(28)10-8-23-26-15(18(20,21)22)7-12(24-16(10)26)14-2-1-5-29-14/h1-6,8,12,15,24,27H,7H2,(H,25,28)/t12-,15-/m0/s1. The highest BCUT2D eigenvalue weighted by Crippen LogP contribution is 2.45. The number of phenols is 1. The van der Waals surface area contributed by atoms with Crippen molar-refractivity contribution < 1.29 is 23.1 Å². The molecule has 6 nitrogen and oxygen atoms in total. The van der Waals surface area contributed by atoms with Crippen LogP contribution >= 0.6 is 27.3 Å². The Bertz CT molecular complexity index is 1050. The third-order valence-corrected chi connectivity index (χ3v) is 6.06. The summed E-state index contributed by atoms with van der Waals surface area (Å²) in [5.41, 5.74) is 0.0854. The Morgan fingerprint density at radius 3 is 2.86 bits per heavy atom. The number of anilines is 2. The number of phenolic OH excluding ortho intramolecular Hbond substituents is 1. The highest BCUT2D eigenvalue weighted by molar-refractivity contribution is 9.10. The zero-order valence-electron chi connectivity index (χ0n) is 14.6. The highest BCUT2D eigenvalue weighted by atomic mass is 79.9. The zero-order chi connectivity index (χ0) is 20.8. The topological polar surface area (TPSA) is 79.2 Å². The molecule has 0 bridgehead atoms. The van der Waals surface area contributed by atoms with Crippen molar-refractivity contribution in [1.82, 2.24) is 9.78 Å². The van der Waals surface area contributed by atoms with E-state index in [9.17, 15) is 23.1 Å². The maximum Gasteiger partial charge on any atom is 0.410 e. The lowest BCUT2D eigenvalue weighted by Gasteiger charge is -2.33. The Morgan fingerprint density at radius 1 is 1.38 bits per heavy atom. The number of nitrogens with zero attached hydrogens (tertiary/aromatic N) is 2. The summed E-state index contributed by atoms with van der Waals surface area (Å²) in [6.45, 7) is 0. The smallest absolute Gasteiger partial charge is 0.410 e. The lowest BCUT2D eigenvalue weighted by Crippen LogP contribution is -2.36. The molecule has 4 rings (SSSR count). The molecule has 1 aliphatic heterocycles. The summed E-state index contributed by atoms with van der Waals surface area (Å²) < 4.78 is 42.4. The molecule has 0 spiro atoms. The molecule has 2 atom stereocenters. The van der Waals surface area contributed by atoms with Crippen molar-refractivity contribution >= 4 is 44.7 Å². The fourth-order valence-electron chi connectivity index (χ4n) is 3.20. The van der Waals surface area contributed by atoms with Crippen LogP contribution in [-0.2, 0) is 0 Å². The number of aromatic hydroxyl groups is 1. The highest BCUT2D eigenvalue weighted by Gasteiger charge is 2.47. The minimum absolute atomic E-state index is 0.0102. The van der Waals surface area contributed by atoms with Crippen LogP contribution in [-0.4, -0.2) is 27.0 Å². The minimum atomic E-state index is -4.52. The van der Waals surface area contributed by atoms with Crippen LogP contribution in [0.4, 0.5) is 24.7 Å². The van der Waals surface area contributed by atoms with Gasteiger partial charge in [-0.25, -0.2) is 4.68 Å². The lowest BCUT2D eigenvalue weighted by atomic mass is 10.0. The molecule has 0 unspecified atom stereocenters. The van der Waals surface area contributed by atoms with Crippen LogP contribution in [0.5, 0.6) is 5.75 Å². The quantitative estimate of drug-likeness (QED) is 0.437. The van der Waals surface area contributed by atoms with Gasteiger partial charge in [-0.2, -0.15) is 18.3 Å². The summed E-state index contributed by atoms with van der Waals surface area (Å²) in [6, 6.07) is 5.53. The van der Waals surface area contributed by atoms with E-state index >= 15 is 0 Å². The predicted octanol–water partition coefficient (Wildman–Crippen LogP) is 5.33. The number of hydrogen-bond acceptors (Lipinski definition) is 5. The number of fused-ring (bicyclic) bond motifs is 1. The van der Waals surface area contributed by atoms with E-state index in [0.29, 0.717) is 4.47 Å². The van der Waals surface area contributed by atoms with Gasteiger partial charge in [0.15, 0.2) is 6.04 Å². The van der Waals surface area contributed by atoms with Gasteiger partial charge in [0.05, 0.1) is 17.9 Å². The number of rotatable bonds is 3. The molecule has 3 heterocycles. The molecule has 1 amide bonds. The third kappa shape index (κ3) is 3.84. The van der Waals surface area contributed by atoms with Gasteiger partial charge in [0.2, 0.25) is 0 Å². The van der Waals surface area contributed by atoms with Gasteiger partial charge in [-0.05, 0) is 29.6 Å². The molecule has 1 aromatic carbocycles. The van der Waals surface area contributed by atoms with Crippen LogP contribution in [0.2, 0.25) is 0 Å². The number of benzene rings is 1. The molecule has 3 aromatic rings. The van der Waals surface area contributed by atoms with Crippen molar-refractivity contribution in [1.29, 1.82) is 0 Å². The maximum atomic E-state index is 13.7. The van der Waals surface area contributed by atoms with Gasteiger partial charge in [-0.1, -0.05) is 22.0 Å². The second-order valence-electron chi connectivity index (χ2n) is 6.47. The molecular formula is C18H14BrF3N4O2S. The van der Waals surface area contributed by atoms with Gasteiger partial charge >= 0.3 is 6.18 Å². The van der Waals surface area contributed by atoms with E-state index in [-0.39, 0.29) is 29.2 Å². The van der Waals surface area contributed by atoms with Gasteiger partial charge in [-0.15, -0.1) is 11.3 Å². The van der Waals surface area contributed by atoms with Gasteiger partial charge in [0.1, 0.15) is 17.1 Å². The number of carbonyl (C=O) groups excluding carboxylic acids is 1.